The zero-order valence-corrected chi connectivity index (χ0v) is 18.2. The highest BCUT2D eigenvalue weighted by molar-refractivity contribution is 7.92. The number of para-hydroxylation sites is 1. The summed E-state index contributed by atoms with van der Waals surface area (Å²) in [5, 5.41) is 3.03. The van der Waals surface area contributed by atoms with Crippen molar-refractivity contribution >= 4 is 21.6 Å². The first-order chi connectivity index (χ1) is 13.0. The Kier molecular flexibility index (Phi) is 6.88. The molecule has 2 aromatic carbocycles. The van der Waals surface area contributed by atoms with Crippen molar-refractivity contribution in [2.45, 2.75) is 52.5 Å². The van der Waals surface area contributed by atoms with Gasteiger partial charge in [0.15, 0.2) is 0 Å². The number of carbonyl (C=O) groups excluding carboxylic acids is 1. The quantitative estimate of drug-likeness (QED) is 0.715. The average Bonchev–Trinajstić information content (AvgIpc) is 2.61. The minimum Gasteiger partial charge on any atom is -0.349 e. The topological polar surface area (TPSA) is 75.3 Å². The number of carbonyl (C=O) groups is 1. The fraction of sp³-hybridized carbons (Fsp3) is 0.409. The van der Waals surface area contributed by atoms with Crippen LogP contribution in [0.2, 0.25) is 0 Å². The summed E-state index contributed by atoms with van der Waals surface area (Å²) in [6.07, 6.45) is 0. The van der Waals surface area contributed by atoms with Crippen LogP contribution in [-0.2, 0) is 10.0 Å². The normalized spacial score (nSPS) is 11.9. The summed E-state index contributed by atoms with van der Waals surface area (Å²) >= 11 is 0. The molecule has 0 heterocycles. The first-order valence-electron chi connectivity index (χ1n) is 9.53. The first-order valence-corrected chi connectivity index (χ1v) is 11.0. The predicted octanol–water partition coefficient (Wildman–Crippen LogP) is 4.51. The fourth-order valence-electron chi connectivity index (χ4n) is 3.26. The predicted molar refractivity (Wildman–Crippen MR) is 114 cm³/mol. The van der Waals surface area contributed by atoms with Crippen LogP contribution >= 0.6 is 0 Å². The molecule has 2 N–H and O–H groups in total. The third-order valence-corrected chi connectivity index (χ3v) is 6.37. The Hall–Kier alpha value is -2.34. The van der Waals surface area contributed by atoms with E-state index in [1.54, 1.807) is 31.2 Å². The summed E-state index contributed by atoms with van der Waals surface area (Å²) in [6, 6.07) is 12.0. The highest BCUT2D eigenvalue weighted by Gasteiger charge is 2.23. The van der Waals surface area contributed by atoms with Gasteiger partial charge in [0.1, 0.15) is 0 Å². The van der Waals surface area contributed by atoms with Gasteiger partial charge in [0.05, 0.1) is 10.6 Å². The second kappa shape index (κ2) is 8.78. The van der Waals surface area contributed by atoms with Gasteiger partial charge in [-0.15, -0.1) is 0 Å². The molecule has 0 atom stereocenters. The number of amides is 1. The molecular weight excluding hydrogens is 372 g/mol. The lowest BCUT2D eigenvalue weighted by Gasteiger charge is -2.26. The number of rotatable bonds is 7. The second-order valence-electron chi connectivity index (χ2n) is 7.89. The lowest BCUT2D eigenvalue weighted by atomic mass is 9.93. The molecule has 0 aromatic heterocycles. The number of anilines is 1. The van der Waals surface area contributed by atoms with E-state index in [0.29, 0.717) is 16.8 Å². The monoisotopic (exact) mass is 402 g/mol. The minimum atomic E-state index is -3.81. The van der Waals surface area contributed by atoms with E-state index in [0.717, 1.165) is 5.56 Å². The zero-order chi connectivity index (χ0) is 21.1. The van der Waals surface area contributed by atoms with Crippen LogP contribution in [0.25, 0.3) is 0 Å². The Morgan fingerprint density at radius 2 is 1.50 bits per heavy atom. The molecule has 0 bridgehead atoms. The standard InChI is InChI=1S/C22H30N2O3S/c1-14(2)21(15(3)4)23-22(25)18-12-11-17(6)20(13-18)28(26,27)24-19-10-8-7-9-16(19)5/h7-15,21,24H,1-6H3,(H,23,25). The maximum Gasteiger partial charge on any atom is 0.262 e. The second-order valence-corrected chi connectivity index (χ2v) is 9.54. The van der Waals surface area contributed by atoms with Crippen LogP contribution in [0.3, 0.4) is 0 Å². The van der Waals surface area contributed by atoms with Crippen LogP contribution in [-0.4, -0.2) is 20.4 Å². The third-order valence-electron chi connectivity index (χ3n) is 4.86. The van der Waals surface area contributed by atoms with Crippen LogP contribution in [0, 0.1) is 25.7 Å². The molecule has 2 aromatic rings. The molecule has 6 heteroatoms. The number of hydrogen-bond donors (Lipinski definition) is 2. The smallest absolute Gasteiger partial charge is 0.262 e. The van der Waals surface area contributed by atoms with E-state index in [-0.39, 0.29) is 28.7 Å². The van der Waals surface area contributed by atoms with Crippen molar-refractivity contribution in [3.05, 3.63) is 59.2 Å². The maximum atomic E-state index is 12.9. The highest BCUT2D eigenvalue weighted by atomic mass is 32.2. The van der Waals surface area contributed by atoms with Gasteiger partial charge in [0.25, 0.3) is 15.9 Å². The van der Waals surface area contributed by atoms with Gasteiger partial charge < -0.3 is 5.32 Å². The molecule has 0 aliphatic carbocycles. The molecule has 0 fully saturated rings. The van der Waals surface area contributed by atoms with E-state index in [4.69, 9.17) is 0 Å². The summed E-state index contributed by atoms with van der Waals surface area (Å²) < 4.78 is 28.5. The van der Waals surface area contributed by atoms with E-state index in [1.165, 1.54) is 6.07 Å². The molecule has 0 unspecified atom stereocenters. The van der Waals surface area contributed by atoms with Crippen molar-refractivity contribution in [3.8, 4) is 0 Å². The Balaban J connectivity index is 2.34. The molecule has 0 spiro atoms. The zero-order valence-electron chi connectivity index (χ0n) is 17.4. The van der Waals surface area contributed by atoms with E-state index >= 15 is 0 Å². The minimum absolute atomic E-state index is 0.0129. The lowest BCUT2D eigenvalue weighted by molar-refractivity contribution is 0.0910. The Labute approximate surface area is 168 Å². The van der Waals surface area contributed by atoms with Crippen molar-refractivity contribution in [1.82, 2.24) is 5.32 Å². The molecule has 1 amide bonds. The van der Waals surface area contributed by atoms with Gasteiger partial charge in [-0.1, -0.05) is 52.0 Å². The number of benzene rings is 2. The number of hydrogen-bond acceptors (Lipinski definition) is 3. The number of sulfonamides is 1. The van der Waals surface area contributed by atoms with Crippen molar-refractivity contribution in [2.24, 2.45) is 11.8 Å². The van der Waals surface area contributed by atoms with Crippen LogP contribution in [0.4, 0.5) is 5.69 Å². The van der Waals surface area contributed by atoms with E-state index in [9.17, 15) is 13.2 Å². The lowest BCUT2D eigenvalue weighted by Crippen LogP contribution is -2.42. The van der Waals surface area contributed by atoms with Gasteiger partial charge in [-0.05, 0) is 55.0 Å². The molecule has 2 rings (SSSR count). The molecule has 0 radical (unpaired) electrons. The van der Waals surface area contributed by atoms with Crippen molar-refractivity contribution < 1.29 is 13.2 Å². The average molecular weight is 403 g/mol. The molecule has 0 aliphatic heterocycles. The van der Waals surface area contributed by atoms with Crippen molar-refractivity contribution in [1.29, 1.82) is 0 Å². The van der Waals surface area contributed by atoms with E-state index < -0.39 is 10.0 Å². The van der Waals surface area contributed by atoms with Gasteiger partial charge in [-0.2, -0.15) is 0 Å². The summed E-state index contributed by atoms with van der Waals surface area (Å²) in [7, 11) is -3.81. The molecule has 28 heavy (non-hydrogen) atoms. The molecule has 0 saturated carbocycles. The van der Waals surface area contributed by atoms with Gasteiger partial charge >= 0.3 is 0 Å². The Morgan fingerprint density at radius 1 is 0.893 bits per heavy atom. The number of nitrogens with one attached hydrogen (secondary N) is 2. The van der Waals surface area contributed by atoms with Gasteiger partial charge in [-0.25, -0.2) is 8.42 Å². The third kappa shape index (κ3) is 5.13. The highest BCUT2D eigenvalue weighted by Crippen LogP contribution is 2.23. The summed E-state index contributed by atoms with van der Waals surface area (Å²) in [4.78, 5) is 12.8. The SMILES string of the molecule is Cc1ccccc1NS(=O)(=O)c1cc(C(=O)NC(C(C)C)C(C)C)ccc1C. The van der Waals surface area contributed by atoms with Crippen LogP contribution in [0.1, 0.15) is 49.2 Å². The Bertz CT molecular complexity index is 942. The van der Waals surface area contributed by atoms with Gasteiger partial charge in [-0.3, -0.25) is 9.52 Å². The summed E-state index contributed by atoms with van der Waals surface area (Å²) in [5.41, 5.74) is 2.27. The fourth-order valence-corrected chi connectivity index (χ4v) is 4.66. The van der Waals surface area contributed by atoms with E-state index in [1.807, 2.05) is 19.1 Å². The molecule has 0 aliphatic rings. The maximum absolute atomic E-state index is 12.9. The van der Waals surface area contributed by atoms with Gasteiger partial charge in [0.2, 0.25) is 0 Å². The molecule has 152 valence electrons. The first kappa shape index (κ1) is 22.0. The van der Waals surface area contributed by atoms with Crippen LogP contribution in [0.15, 0.2) is 47.4 Å². The molecule has 0 saturated heterocycles. The largest absolute Gasteiger partial charge is 0.349 e. The number of aryl methyl sites for hydroxylation is 2. The summed E-state index contributed by atoms with van der Waals surface area (Å²) in [5.74, 6) is 0.292. The summed E-state index contributed by atoms with van der Waals surface area (Å²) in [6.45, 7) is 11.8. The van der Waals surface area contributed by atoms with Crippen LogP contribution < -0.4 is 10.0 Å². The van der Waals surface area contributed by atoms with Crippen molar-refractivity contribution in [2.75, 3.05) is 4.72 Å². The van der Waals surface area contributed by atoms with Crippen LogP contribution in [0.5, 0.6) is 0 Å². The molecular formula is C22H30N2O3S. The Morgan fingerprint density at radius 3 is 2.07 bits per heavy atom. The van der Waals surface area contributed by atoms with Crippen molar-refractivity contribution in [3.63, 3.8) is 0 Å². The van der Waals surface area contributed by atoms with E-state index in [2.05, 4.69) is 37.7 Å². The molecule has 5 nitrogen and oxygen atoms in total. The van der Waals surface area contributed by atoms with Gasteiger partial charge in [0, 0.05) is 11.6 Å².